The van der Waals surface area contributed by atoms with Gasteiger partial charge in [-0.15, -0.1) is 0 Å². The first-order valence-corrected chi connectivity index (χ1v) is 14.8. The molecule has 190 valence electrons. The van der Waals surface area contributed by atoms with E-state index in [-0.39, 0.29) is 22.1 Å². The molecule has 9 heteroatoms. The van der Waals surface area contributed by atoms with Gasteiger partial charge in [0.25, 0.3) is 0 Å². The number of hydrogen-bond donors (Lipinski definition) is 2. The molecule has 0 spiro atoms. The lowest BCUT2D eigenvalue weighted by Crippen LogP contribution is -2.49. The minimum Gasteiger partial charge on any atom is -0.364 e. The third kappa shape index (κ3) is 4.65. The lowest BCUT2D eigenvalue weighted by molar-refractivity contribution is -0.121. The van der Waals surface area contributed by atoms with Gasteiger partial charge in [0.2, 0.25) is 5.91 Å². The lowest BCUT2D eigenvalue weighted by atomic mass is 9.90. The number of epoxide rings is 1. The van der Waals surface area contributed by atoms with Crippen molar-refractivity contribution in [1.82, 2.24) is 5.32 Å². The number of nitrogens with zero attached hydrogens (tertiary/aromatic N) is 1. The van der Waals surface area contributed by atoms with E-state index in [1.165, 1.54) is 26.7 Å². The summed E-state index contributed by atoms with van der Waals surface area (Å²) in [5.74, 6) is 0.190. The Morgan fingerprint density at radius 1 is 1.26 bits per heavy atom. The van der Waals surface area contributed by atoms with Crippen molar-refractivity contribution >= 4 is 40.7 Å². The summed E-state index contributed by atoms with van der Waals surface area (Å²) in [6.07, 6.45) is 5.48. The number of benzene rings is 1. The molecule has 0 aromatic heterocycles. The summed E-state index contributed by atoms with van der Waals surface area (Å²) < 4.78 is 31.1. The van der Waals surface area contributed by atoms with E-state index in [1.54, 1.807) is 12.1 Å². The van der Waals surface area contributed by atoms with Crippen LogP contribution in [0.3, 0.4) is 0 Å². The third-order valence-electron chi connectivity index (χ3n) is 7.34. The van der Waals surface area contributed by atoms with Crippen molar-refractivity contribution < 1.29 is 17.9 Å². The SMILES string of the molecule is CC(C)(C)CC1Nc2cc(S(=O)(=O)C(C)(C)C(=O)NC3=PC(C4(C)CO4)=C3)ccc2N1CC1CC1. The summed E-state index contributed by atoms with van der Waals surface area (Å²) in [6, 6.07) is 5.27. The van der Waals surface area contributed by atoms with Crippen molar-refractivity contribution in [2.24, 2.45) is 11.3 Å². The van der Waals surface area contributed by atoms with Crippen LogP contribution < -0.4 is 15.5 Å². The normalized spacial score (nSPS) is 26.2. The van der Waals surface area contributed by atoms with Gasteiger partial charge in [0.05, 0.1) is 34.5 Å². The number of carbonyl (C=O) groups excluding carboxylic acids is 1. The Balaban J connectivity index is 1.35. The van der Waals surface area contributed by atoms with Crippen molar-refractivity contribution in [1.29, 1.82) is 0 Å². The standard InChI is InChI=1S/C26H36N3O4PS/c1-24(2,3)13-21-27-18-11-17(9-10-19(18)29(21)14-16-7-8-16)35(31,32)25(4,5)23(30)28-22-12-20(34-22)26(6)15-33-26/h9-12,16,21,27H,7-8,13-15H2,1-6H3,(H,28,30). The van der Waals surface area contributed by atoms with Gasteiger partial charge < -0.3 is 20.3 Å². The van der Waals surface area contributed by atoms with E-state index in [1.807, 2.05) is 19.1 Å². The second-order valence-electron chi connectivity index (χ2n) is 12.2. The molecule has 1 saturated heterocycles. The Morgan fingerprint density at radius 2 is 1.91 bits per heavy atom. The first-order chi connectivity index (χ1) is 16.2. The first kappa shape index (κ1) is 24.8. The first-order valence-electron chi connectivity index (χ1n) is 12.4. The van der Waals surface area contributed by atoms with Crippen LogP contribution in [0.2, 0.25) is 0 Å². The van der Waals surface area contributed by atoms with E-state index in [2.05, 4.69) is 36.3 Å². The maximum atomic E-state index is 13.6. The highest BCUT2D eigenvalue weighted by Crippen LogP contribution is 2.46. The Hall–Kier alpha value is -1.89. The molecule has 1 aromatic carbocycles. The van der Waals surface area contributed by atoms with Crippen molar-refractivity contribution in [3.05, 3.63) is 29.6 Å². The van der Waals surface area contributed by atoms with Crippen LogP contribution in [-0.2, 0) is 19.4 Å². The number of nitrogens with one attached hydrogen (secondary N) is 2. The highest BCUT2D eigenvalue weighted by molar-refractivity contribution is 7.93. The predicted octanol–water partition coefficient (Wildman–Crippen LogP) is 4.52. The smallest absolute Gasteiger partial charge is 0.245 e. The number of ether oxygens (including phenoxy) is 1. The van der Waals surface area contributed by atoms with Crippen molar-refractivity contribution in [3.8, 4) is 0 Å². The molecule has 5 rings (SSSR count). The second-order valence-corrected chi connectivity index (χ2v) is 15.9. The summed E-state index contributed by atoms with van der Waals surface area (Å²) in [5, 5.41) is 7.50. The van der Waals surface area contributed by atoms with Gasteiger partial charge in [0.1, 0.15) is 10.3 Å². The summed E-state index contributed by atoms with van der Waals surface area (Å²) >= 11 is 0. The molecule has 3 heterocycles. The molecular formula is C26H36N3O4PS. The lowest BCUT2D eigenvalue weighted by Gasteiger charge is -2.32. The quantitative estimate of drug-likeness (QED) is 0.389. The minimum absolute atomic E-state index is 0.131. The Kier molecular flexibility index (Phi) is 5.71. The average molecular weight is 518 g/mol. The second kappa shape index (κ2) is 8.06. The average Bonchev–Trinajstić information content (AvgIpc) is 3.64. The molecule has 2 unspecified atom stereocenters. The summed E-state index contributed by atoms with van der Waals surface area (Å²) in [5.41, 5.74) is 2.50. The fraction of sp³-hybridized carbons (Fsp3) is 0.615. The van der Waals surface area contributed by atoms with Crippen LogP contribution in [0.1, 0.15) is 60.8 Å². The number of amides is 1. The number of anilines is 2. The molecule has 1 amide bonds. The Labute approximate surface area is 210 Å². The van der Waals surface area contributed by atoms with Gasteiger partial charge in [0, 0.05) is 11.9 Å². The van der Waals surface area contributed by atoms with Crippen LogP contribution in [0.25, 0.3) is 0 Å². The van der Waals surface area contributed by atoms with Gasteiger partial charge in [-0.1, -0.05) is 20.8 Å². The van der Waals surface area contributed by atoms with E-state index in [0.717, 1.165) is 37.9 Å². The largest absolute Gasteiger partial charge is 0.364 e. The molecule has 1 saturated carbocycles. The highest BCUT2D eigenvalue weighted by Gasteiger charge is 2.47. The number of fused-ring (bicyclic) bond motifs is 1. The Bertz CT molecular complexity index is 1240. The van der Waals surface area contributed by atoms with Crippen molar-refractivity contribution in [2.45, 2.75) is 82.2 Å². The molecule has 2 fully saturated rings. The third-order valence-corrected chi connectivity index (χ3v) is 11.1. The number of sulfone groups is 1. The minimum atomic E-state index is -3.93. The molecule has 7 nitrogen and oxygen atoms in total. The molecule has 3 aliphatic heterocycles. The molecule has 0 bridgehead atoms. The zero-order valence-corrected chi connectivity index (χ0v) is 23.1. The molecule has 35 heavy (non-hydrogen) atoms. The van der Waals surface area contributed by atoms with Gasteiger partial charge in [-0.3, -0.25) is 4.79 Å². The van der Waals surface area contributed by atoms with Crippen LogP contribution >= 0.6 is 8.20 Å². The van der Waals surface area contributed by atoms with E-state index in [4.69, 9.17) is 4.74 Å². The fourth-order valence-electron chi connectivity index (χ4n) is 4.55. The maximum Gasteiger partial charge on any atom is 0.245 e. The van der Waals surface area contributed by atoms with Gasteiger partial charge in [-0.25, -0.2) is 8.42 Å². The monoisotopic (exact) mass is 517 g/mol. The molecule has 4 aliphatic rings. The molecule has 1 aromatic rings. The Morgan fingerprint density at radius 3 is 2.49 bits per heavy atom. The summed E-state index contributed by atoms with van der Waals surface area (Å²) in [7, 11) is -3.04. The summed E-state index contributed by atoms with van der Waals surface area (Å²) in [6.45, 7) is 13.3. The molecule has 1 aliphatic carbocycles. The predicted molar refractivity (Wildman–Crippen MR) is 142 cm³/mol. The van der Waals surface area contributed by atoms with Gasteiger partial charge in [-0.2, -0.15) is 0 Å². The molecule has 0 radical (unpaired) electrons. The highest BCUT2D eigenvalue weighted by atomic mass is 32.2. The van der Waals surface area contributed by atoms with Gasteiger partial charge >= 0.3 is 0 Å². The van der Waals surface area contributed by atoms with Gasteiger partial charge in [0.15, 0.2) is 9.84 Å². The van der Waals surface area contributed by atoms with E-state index < -0.39 is 20.5 Å². The number of carbonyl (C=O) groups is 1. The fourth-order valence-corrected chi connectivity index (χ4v) is 6.92. The summed E-state index contributed by atoms with van der Waals surface area (Å²) in [4.78, 5) is 15.6. The van der Waals surface area contributed by atoms with Crippen LogP contribution in [0, 0.1) is 11.3 Å². The van der Waals surface area contributed by atoms with E-state index >= 15 is 0 Å². The molecule has 2 N–H and O–H groups in total. The van der Waals surface area contributed by atoms with Crippen LogP contribution in [0.5, 0.6) is 0 Å². The van der Waals surface area contributed by atoms with Crippen LogP contribution in [0.15, 0.2) is 34.5 Å². The maximum absolute atomic E-state index is 13.6. The van der Waals surface area contributed by atoms with E-state index in [0.29, 0.717) is 17.9 Å². The van der Waals surface area contributed by atoms with Crippen molar-refractivity contribution in [2.75, 3.05) is 23.4 Å². The number of hydrogen-bond acceptors (Lipinski definition) is 6. The zero-order chi connectivity index (χ0) is 25.4. The van der Waals surface area contributed by atoms with Crippen LogP contribution in [-0.4, -0.2) is 49.4 Å². The zero-order valence-electron chi connectivity index (χ0n) is 21.4. The molecule has 2 atom stereocenters. The van der Waals surface area contributed by atoms with Crippen molar-refractivity contribution in [3.63, 3.8) is 0 Å². The topological polar surface area (TPSA) is 91.0 Å². The van der Waals surface area contributed by atoms with E-state index in [9.17, 15) is 13.2 Å². The molecular weight excluding hydrogens is 481 g/mol. The van der Waals surface area contributed by atoms with Gasteiger partial charge in [-0.05, 0) is 83.8 Å². The number of rotatable bonds is 8. The van der Waals surface area contributed by atoms with Crippen LogP contribution in [0.4, 0.5) is 11.4 Å².